The van der Waals surface area contributed by atoms with Gasteiger partial charge >= 0.3 is 0 Å². The lowest BCUT2D eigenvalue weighted by atomic mass is 10.1. The van der Waals surface area contributed by atoms with Gasteiger partial charge in [0.1, 0.15) is 5.82 Å². The van der Waals surface area contributed by atoms with Crippen LogP contribution >= 0.6 is 0 Å². The van der Waals surface area contributed by atoms with E-state index >= 15 is 0 Å². The number of benzene rings is 2. The maximum Gasteiger partial charge on any atom is 0.254 e. The Kier molecular flexibility index (Phi) is 4.63. The molecule has 0 spiro atoms. The monoisotopic (exact) mass is 349 g/mol. The van der Waals surface area contributed by atoms with Gasteiger partial charge in [-0.05, 0) is 24.3 Å². The molecule has 0 aliphatic carbocycles. The summed E-state index contributed by atoms with van der Waals surface area (Å²) in [5.41, 5.74) is 2.20. The molecule has 0 bridgehead atoms. The van der Waals surface area contributed by atoms with Crippen molar-refractivity contribution in [3.05, 3.63) is 77.7 Å². The first kappa shape index (κ1) is 16.7. The highest BCUT2D eigenvalue weighted by molar-refractivity contribution is 5.97. The van der Waals surface area contributed by atoms with Crippen molar-refractivity contribution in [2.75, 3.05) is 26.2 Å². The number of nitrogens with zero attached hydrogens (tertiary/aromatic N) is 3. The largest absolute Gasteiger partial charge is 0.336 e. The molecule has 4 rings (SSSR count). The summed E-state index contributed by atoms with van der Waals surface area (Å²) >= 11 is 0. The molecule has 1 saturated heterocycles. The minimum absolute atomic E-state index is 0.0306. The highest BCUT2D eigenvalue weighted by Gasteiger charge is 2.22. The van der Waals surface area contributed by atoms with E-state index in [2.05, 4.69) is 9.88 Å². The molecule has 0 N–H and O–H groups in total. The van der Waals surface area contributed by atoms with Crippen molar-refractivity contribution in [2.24, 2.45) is 0 Å². The predicted molar refractivity (Wildman–Crippen MR) is 99.3 cm³/mol. The van der Waals surface area contributed by atoms with E-state index in [1.807, 2.05) is 47.4 Å². The lowest BCUT2D eigenvalue weighted by molar-refractivity contribution is 0.0627. The molecule has 1 fully saturated rings. The first-order chi connectivity index (χ1) is 12.7. The van der Waals surface area contributed by atoms with E-state index in [4.69, 9.17) is 0 Å². The number of halogens is 1. The van der Waals surface area contributed by atoms with Crippen LogP contribution < -0.4 is 0 Å². The zero-order valence-corrected chi connectivity index (χ0v) is 14.4. The lowest BCUT2D eigenvalue weighted by Crippen LogP contribution is -2.48. The lowest BCUT2D eigenvalue weighted by Gasteiger charge is -2.34. The zero-order chi connectivity index (χ0) is 17.9. The van der Waals surface area contributed by atoms with Gasteiger partial charge in [0.25, 0.3) is 5.91 Å². The summed E-state index contributed by atoms with van der Waals surface area (Å²) in [5.74, 6) is -0.141. The zero-order valence-electron chi connectivity index (χ0n) is 14.4. The number of piperazine rings is 1. The van der Waals surface area contributed by atoms with Gasteiger partial charge in [-0.15, -0.1) is 0 Å². The van der Waals surface area contributed by atoms with Crippen molar-refractivity contribution in [1.82, 2.24) is 14.8 Å². The summed E-state index contributed by atoms with van der Waals surface area (Å²) < 4.78 is 13.8. The average molecular weight is 349 g/mol. The number of pyridine rings is 1. The topological polar surface area (TPSA) is 36.4 Å². The Morgan fingerprint density at radius 2 is 1.81 bits per heavy atom. The molecule has 0 atom stereocenters. The van der Waals surface area contributed by atoms with E-state index in [0.29, 0.717) is 30.8 Å². The second-order valence-electron chi connectivity index (χ2n) is 6.57. The average Bonchev–Trinajstić information content (AvgIpc) is 2.69. The number of hydrogen-bond donors (Lipinski definition) is 0. The molecule has 5 heteroatoms. The van der Waals surface area contributed by atoms with E-state index in [1.165, 1.54) is 6.07 Å². The summed E-state index contributed by atoms with van der Waals surface area (Å²) in [4.78, 5) is 21.2. The number of carbonyl (C=O) groups excluding carboxylic acids is 1. The summed E-state index contributed by atoms with van der Waals surface area (Å²) in [6.07, 6.45) is 1.73. The van der Waals surface area contributed by atoms with Gasteiger partial charge in [-0.2, -0.15) is 0 Å². The Morgan fingerprint density at radius 1 is 1.00 bits per heavy atom. The number of hydrogen-bond acceptors (Lipinski definition) is 3. The van der Waals surface area contributed by atoms with Crippen LogP contribution in [-0.2, 0) is 6.54 Å². The van der Waals surface area contributed by atoms with Gasteiger partial charge in [0.2, 0.25) is 0 Å². The van der Waals surface area contributed by atoms with Crippen LogP contribution in [0.5, 0.6) is 0 Å². The normalized spacial score (nSPS) is 15.3. The SMILES string of the molecule is O=C(c1ccc2cccnc2c1)N1CCN(Cc2ccccc2F)CC1. The predicted octanol–water partition coefficient (Wildman–Crippen LogP) is 3.33. The smallest absolute Gasteiger partial charge is 0.254 e. The van der Waals surface area contributed by atoms with E-state index in [0.717, 1.165) is 24.0 Å². The molecule has 2 heterocycles. The third kappa shape index (κ3) is 3.44. The number of amides is 1. The number of fused-ring (bicyclic) bond motifs is 1. The molecular formula is C21H20FN3O. The summed E-state index contributed by atoms with van der Waals surface area (Å²) in [6, 6.07) is 16.4. The minimum Gasteiger partial charge on any atom is -0.336 e. The maximum atomic E-state index is 13.8. The van der Waals surface area contributed by atoms with Crippen molar-refractivity contribution in [2.45, 2.75) is 6.54 Å². The summed E-state index contributed by atoms with van der Waals surface area (Å²) in [7, 11) is 0. The van der Waals surface area contributed by atoms with Gasteiger partial charge in [0.05, 0.1) is 5.52 Å². The molecular weight excluding hydrogens is 329 g/mol. The quantitative estimate of drug-likeness (QED) is 0.728. The van der Waals surface area contributed by atoms with Crippen LogP contribution in [0.15, 0.2) is 60.8 Å². The Bertz CT molecular complexity index is 935. The maximum absolute atomic E-state index is 13.8. The molecule has 3 aromatic rings. The Morgan fingerprint density at radius 3 is 2.62 bits per heavy atom. The van der Waals surface area contributed by atoms with Gasteiger partial charge < -0.3 is 4.90 Å². The van der Waals surface area contributed by atoms with Crippen molar-refractivity contribution in [3.63, 3.8) is 0 Å². The fraction of sp³-hybridized carbons (Fsp3) is 0.238. The van der Waals surface area contributed by atoms with Crippen LogP contribution in [-0.4, -0.2) is 46.9 Å². The molecule has 0 unspecified atom stereocenters. The molecule has 26 heavy (non-hydrogen) atoms. The van der Waals surface area contributed by atoms with Gasteiger partial charge in [-0.25, -0.2) is 4.39 Å². The van der Waals surface area contributed by atoms with Gasteiger partial charge in [-0.1, -0.05) is 30.3 Å². The van der Waals surface area contributed by atoms with Crippen LogP contribution in [0.1, 0.15) is 15.9 Å². The second-order valence-corrected chi connectivity index (χ2v) is 6.57. The number of aromatic nitrogens is 1. The molecule has 1 aromatic heterocycles. The molecule has 1 aliphatic heterocycles. The highest BCUT2D eigenvalue weighted by atomic mass is 19.1. The standard InChI is InChI=1S/C21H20FN3O/c22-19-6-2-1-4-18(19)15-24-10-12-25(13-11-24)21(26)17-8-7-16-5-3-9-23-20(16)14-17/h1-9,14H,10-13,15H2. The van der Waals surface area contributed by atoms with Crippen LogP contribution in [0.2, 0.25) is 0 Å². The third-order valence-corrected chi connectivity index (χ3v) is 4.86. The van der Waals surface area contributed by atoms with Crippen LogP contribution in [0.3, 0.4) is 0 Å². The fourth-order valence-electron chi connectivity index (χ4n) is 3.36. The molecule has 132 valence electrons. The summed E-state index contributed by atoms with van der Waals surface area (Å²) in [6.45, 7) is 3.35. The second kappa shape index (κ2) is 7.22. The van der Waals surface area contributed by atoms with Crippen LogP contribution in [0, 0.1) is 5.82 Å². The first-order valence-electron chi connectivity index (χ1n) is 8.80. The van der Waals surface area contributed by atoms with E-state index in [-0.39, 0.29) is 11.7 Å². The van der Waals surface area contributed by atoms with Gasteiger partial charge in [0, 0.05) is 55.4 Å². The van der Waals surface area contributed by atoms with Crippen molar-refractivity contribution in [3.8, 4) is 0 Å². The molecule has 1 aliphatic rings. The van der Waals surface area contributed by atoms with Crippen molar-refractivity contribution < 1.29 is 9.18 Å². The van der Waals surface area contributed by atoms with E-state index < -0.39 is 0 Å². The fourth-order valence-corrected chi connectivity index (χ4v) is 3.36. The highest BCUT2D eigenvalue weighted by Crippen LogP contribution is 2.17. The van der Waals surface area contributed by atoms with Gasteiger partial charge in [-0.3, -0.25) is 14.7 Å². The molecule has 4 nitrogen and oxygen atoms in total. The number of carbonyl (C=O) groups is 1. The van der Waals surface area contributed by atoms with Crippen LogP contribution in [0.4, 0.5) is 4.39 Å². The Labute approximate surface area is 151 Å². The Hall–Kier alpha value is -2.79. The number of rotatable bonds is 3. The van der Waals surface area contributed by atoms with Crippen molar-refractivity contribution in [1.29, 1.82) is 0 Å². The van der Waals surface area contributed by atoms with Crippen LogP contribution in [0.25, 0.3) is 10.9 Å². The molecule has 2 aromatic carbocycles. The van der Waals surface area contributed by atoms with E-state index in [9.17, 15) is 9.18 Å². The third-order valence-electron chi connectivity index (χ3n) is 4.86. The molecule has 1 amide bonds. The molecule has 0 radical (unpaired) electrons. The van der Waals surface area contributed by atoms with Crippen molar-refractivity contribution >= 4 is 16.8 Å². The first-order valence-corrected chi connectivity index (χ1v) is 8.80. The summed E-state index contributed by atoms with van der Waals surface area (Å²) in [5, 5.41) is 1.03. The minimum atomic E-state index is -0.172. The van der Waals surface area contributed by atoms with Gasteiger partial charge in [0.15, 0.2) is 0 Å². The Balaban J connectivity index is 1.40. The van der Waals surface area contributed by atoms with E-state index in [1.54, 1.807) is 12.3 Å². The molecule has 0 saturated carbocycles.